The number of benzene rings is 2. The monoisotopic (exact) mass is 291 g/mol. The Morgan fingerprint density at radius 2 is 1.82 bits per heavy atom. The van der Waals surface area contributed by atoms with Gasteiger partial charge in [-0.3, -0.25) is 4.99 Å². The van der Waals surface area contributed by atoms with Gasteiger partial charge >= 0.3 is 5.97 Å². The van der Waals surface area contributed by atoms with E-state index in [2.05, 4.69) is 21.7 Å². The van der Waals surface area contributed by atoms with Crippen LogP contribution in [0.15, 0.2) is 65.8 Å². The third-order valence-corrected chi connectivity index (χ3v) is 3.54. The molecule has 1 aromatic heterocycles. The number of nitrogens with zero attached hydrogens (tertiary/aromatic N) is 2. The number of para-hydroxylation sites is 1. The van der Waals surface area contributed by atoms with Crippen LogP contribution in [0, 0.1) is 0 Å². The van der Waals surface area contributed by atoms with Crippen molar-refractivity contribution < 1.29 is 14.5 Å². The Morgan fingerprint density at radius 3 is 2.55 bits per heavy atom. The molecule has 0 saturated carbocycles. The van der Waals surface area contributed by atoms with Gasteiger partial charge in [0.1, 0.15) is 7.05 Å². The van der Waals surface area contributed by atoms with E-state index in [1.54, 1.807) is 30.5 Å². The van der Waals surface area contributed by atoms with E-state index in [0.29, 0.717) is 0 Å². The zero-order valence-corrected chi connectivity index (χ0v) is 12.1. The fraction of sp³-hybridized carbons (Fsp3) is 0.0556. The maximum absolute atomic E-state index is 10.8. The number of carbonyl (C=O) groups is 1. The van der Waals surface area contributed by atoms with Gasteiger partial charge in [0.15, 0.2) is 6.20 Å². The number of fused-ring (bicyclic) bond motifs is 1. The largest absolute Gasteiger partial charge is 0.478 e. The first-order chi connectivity index (χ1) is 10.6. The highest BCUT2D eigenvalue weighted by molar-refractivity contribution is 5.97. The van der Waals surface area contributed by atoms with E-state index in [1.807, 2.05) is 31.4 Å². The van der Waals surface area contributed by atoms with Gasteiger partial charge in [-0.05, 0) is 30.3 Å². The van der Waals surface area contributed by atoms with Crippen LogP contribution in [0.25, 0.3) is 10.9 Å². The van der Waals surface area contributed by atoms with Crippen LogP contribution in [0.2, 0.25) is 0 Å². The van der Waals surface area contributed by atoms with Crippen molar-refractivity contribution in [2.24, 2.45) is 12.0 Å². The summed E-state index contributed by atoms with van der Waals surface area (Å²) in [5.74, 6) is -0.933. The van der Waals surface area contributed by atoms with Gasteiger partial charge in [-0.15, -0.1) is 0 Å². The molecule has 0 spiro atoms. The summed E-state index contributed by atoms with van der Waals surface area (Å²) in [4.78, 5) is 15.3. The third-order valence-electron chi connectivity index (χ3n) is 3.54. The van der Waals surface area contributed by atoms with Crippen molar-refractivity contribution in [3.63, 3.8) is 0 Å². The average Bonchev–Trinajstić information content (AvgIpc) is 2.55. The summed E-state index contributed by atoms with van der Waals surface area (Å²) in [6.45, 7) is 0. The van der Waals surface area contributed by atoms with Crippen LogP contribution in [0.4, 0.5) is 5.69 Å². The number of aryl methyl sites for hydroxylation is 1. The Labute approximate surface area is 128 Å². The molecule has 1 N–H and O–H groups in total. The van der Waals surface area contributed by atoms with E-state index >= 15 is 0 Å². The molecule has 0 aliphatic rings. The first-order valence-electron chi connectivity index (χ1n) is 6.90. The summed E-state index contributed by atoms with van der Waals surface area (Å²) >= 11 is 0. The molecule has 0 radical (unpaired) electrons. The molecule has 1 heterocycles. The number of carboxylic acids is 1. The Morgan fingerprint density at radius 1 is 1.09 bits per heavy atom. The molecule has 0 atom stereocenters. The molecule has 0 bridgehead atoms. The quantitative estimate of drug-likeness (QED) is 0.595. The van der Waals surface area contributed by atoms with Gasteiger partial charge in [-0.2, -0.15) is 0 Å². The molecule has 4 nitrogen and oxygen atoms in total. The van der Waals surface area contributed by atoms with E-state index in [9.17, 15) is 4.79 Å². The van der Waals surface area contributed by atoms with Crippen molar-refractivity contribution in [2.45, 2.75) is 0 Å². The number of aromatic carboxylic acids is 1. The Balaban J connectivity index is 1.96. The molecule has 0 aliphatic carbocycles. The van der Waals surface area contributed by atoms with Gasteiger partial charge in [0.2, 0.25) is 5.52 Å². The molecule has 0 saturated heterocycles. The van der Waals surface area contributed by atoms with Crippen molar-refractivity contribution in [1.82, 2.24) is 0 Å². The minimum Gasteiger partial charge on any atom is -0.478 e. The summed E-state index contributed by atoms with van der Waals surface area (Å²) in [6, 6.07) is 16.7. The number of rotatable bonds is 3. The second-order valence-corrected chi connectivity index (χ2v) is 5.01. The van der Waals surface area contributed by atoms with Crippen LogP contribution >= 0.6 is 0 Å². The molecular weight excluding hydrogens is 276 g/mol. The Hall–Kier alpha value is -3.01. The summed E-state index contributed by atoms with van der Waals surface area (Å²) in [7, 11) is 2.01. The molecule has 4 heteroatoms. The SMILES string of the molecule is C[n+]1ccc(C=Nc2ccc(C(=O)O)cc2)c2ccccc21. The minimum atomic E-state index is -0.933. The molecule has 0 unspecified atom stereocenters. The zero-order chi connectivity index (χ0) is 15.5. The summed E-state index contributed by atoms with van der Waals surface area (Å²) in [5.41, 5.74) is 3.14. The van der Waals surface area contributed by atoms with Crippen molar-refractivity contribution in [2.75, 3.05) is 0 Å². The van der Waals surface area contributed by atoms with E-state index < -0.39 is 5.97 Å². The molecule has 22 heavy (non-hydrogen) atoms. The van der Waals surface area contributed by atoms with E-state index in [4.69, 9.17) is 5.11 Å². The number of aromatic nitrogens is 1. The van der Waals surface area contributed by atoms with E-state index in [0.717, 1.165) is 22.2 Å². The van der Waals surface area contributed by atoms with Gasteiger partial charge < -0.3 is 5.11 Å². The Bertz CT molecular complexity index is 868. The highest BCUT2D eigenvalue weighted by Crippen LogP contribution is 2.16. The predicted octanol–water partition coefficient (Wildman–Crippen LogP) is 3.11. The topological polar surface area (TPSA) is 53.5 Å². The first-order valence-corrected chi connectivity index (χ1v) is 6.90. The van der Waals surface area contributed by atoms with Crippen LogP contribution in [0.3, 0.4) is 0 Å². The molecule has 3 rings (SSSR count). The third kappa shape index (κ3) is 2.72. The molecule has 0 fully saturated rings. The number of pyridine rings is 1. The predicted molar refractivity (Wildman–Crippen MR) is 85.8 cm³/mol. The van der Waals surface area contributed by atoms with Crippen molar-refractivity contribution in [1.29, 1.82) is 0 Å². The first kappa shape index (κ1) is 13.9. The summed E-state index contributed by atoms with van der Waals surface area (Å²) in [6.07, 6.45) is 3.80. The molecule has 2 aromatic carbocycles. The van der Waals surface area contributed by atoms with Gasteiger partial charge in [0.05, 0.1) is 16.6 Å². The van der Waals surface area contributed by atoms with Crippen LogP contribution < -0.4 is 4.57 Å². The average molecular weight is 291 g/mol. The maximum atomic E-state index is 10.8. The smallest absolute Gasteiger partial charge is 0.335 e. The lowest BCUT2D eigenvalue weighted by Gasteiger charge is -2.00. The molecule has 3 aromatic rings. The molecular formula is C18H15N2O2+. The lowest BCUT2D eigenvalue weighted by molar-refractivity contribution is -0.644. The number of hydrogen-bond donors (Lipinski definition) is 1. The van der Waals surface area contributed by atoms with Gasteiger partial charge in [0, 0.05) is 23.9 Å². The number of carboxylic acid groups (broad SMARTS) is 1. The summed E-state index contributed by atoms with van der Waals surface area (Å²) < 4.78 is 2.06. The highest BCUT2D eigenvalue weighted by Gasteiger charge is 2.07. The van der Waals surface area contributed by atoms with Crippen LogP contribution in [0.5, 0.6) is 0 Å². The second kappa shape index (κ2) is 5.77. The second-order valence-electron chi connectivity index (χ2n) is 5.01. The standard InChI is InChI=1S/C18H14N2O2/c1-20-11-10-14(16-4-2-3-5-17(16)20)12-19-15-8-6-13(7-9-15)18(21)22/h2-12H,1H3/p+1. The normalized spacial score (nSPS) is 11.1. The van der Waals surface area contributed by atoms with E-state index in [-0.39, 0.29) is 5.56 Å². The van der Waals surface area contributed by atoms with Crippen molar-refractivity contribution in [3.05, 3.63) is 71.9 Å². The van der Waals surface area contributed by atoms with E-state index in [1.165, 1.54) is 0 Å². The zero-order valence-electron chi connectivity index (χ0n) is 12.1. The van der Waals surface area contributed by atoms with Crippen LogP contribution in [-0.4, -0.2) is 17.3 Å². The fourth-order valence-electron chi connectivity index (χ4n) is 2.33. The number of hydrogen-bond acceptors (Lipinski definition) is 2. The minimum absolute atomic E-state index is 0.260. The molecule has 0 aliphatic heterocycles. The lowest BCUT2D eigenvalue weighted by atomic mass is 10.1. The van der Waals surface area contributed by atoms with Gasteiger partial charge in [-0.25, -0.2) is 9.36 Å². The van der Waals surface area contributed by atoms with Crippen LogP contribution in [-0.2, 0) is 7.05 Å². The van der Waals surface area contributed by atoms with Gasteiger partial charge in [0.25, 0.3) is 0 Å². The van der Waals surface area contributed by atoms with Crippen molar-refractivity contribution in [3.8, 4) is 0 Å². The highest BCUT2D eigenvalue weighted by atomic mass is 16.4. The molecule has 108 valence electrons. The fourth-order valence-corrected chi connectivity index (χ4v) is 2.33. The van der Waals surface area contributed by atoms with Crippen molar-refractivity contribution >= 4 is 28.8 Å². The number of aliphatic imine (C=N–C) groups is 1. The maximum Gasteiger partial charge on any atom is 0.335 e. The van der Waals surface area contributed by atoms with Crippen LogP contribution in [0.1, 0.15) is 15.9 Å². The summed E-state index contributed by atoms with van der Waals surface area (Å²) in [5, 5.41) is 10.0. The molecule has 0 amide bonds. The Kier molecular flexibility index (Phi) is 3.66. The lowest BCUT2D eigenvalue weighted by Crippen LogP contribution is -2.28. The van der Waals surface area contributed by atoms with Gasteiger partial charge in [-0.1, -0.05) is 12.1 Å².